The van der Waals surface area contributed by atoms with E-state index in [1.165, 1.54) is 12.8 Å². The van der Waals surface area contributed by atoms with Gasteiger partial charge in [0.2, 0.25) is 0 Å². The molecule has 0 spiro atoms. The van der Waals surface area contributed by atoms with E-state index in [1.54, 1.807) is 0 Å². The van der Waals surface area contributed by atoms with Gasteiger partial charge in [-0.2, -0.15) is 0 Å². The van der Waals surface area contributed by atoms with Crippen molar-refractivity contribution in [2.24, 2.45) is 0 Å². The molecule has 0 unspecified atom stereocenters. The van der Waals surface area contributed by atoms with Crippen LogP contribution in [0.15, 0.2) is 0 Å². The van der Waals surface area contributed by atoms with E-state index in [2.05, 4.69) is 20.3 Å². The fourth-order valence-electron chi connectivity index (χ4n) is 1.09. The maximum absolute atomic E-state index is 11.2. The Labute approximate surface area is 103 Å². The molecule has 0 saturated heterocycles. The van der Waals surface area contributed by atoms with Gasteiger partial charge in [0.15, 0.2) is 0 Å². The number of carbonyl (C=O) groups is 1. The highest BCUT2D eigenvalue weighted by Gasteiger charge is 2.15. The molecule has 98 valence electrons. The van der Waals surface area contributed by atoms with E-state index in [1.807, 2.05) is 20.8 Å². The van der Waals surface area contributed by atoms with Crippen molar-refractivity contribution in [1.29, 1.82) is 0 Å². The fraction of sp³-hybridized carbons (Fsp3) is 0.923. The van der Waals surface area contributed by atoms with Crippen LogP contribution in [0.25, 0.3) is 0 Å². The molecule has 0 bridgehead atoms. The summed E-state index contributed by atoms with van der Waals surface area (Å²) in [5.41, 5.74) is -0.332. The normalized spacial score (nSPS) is 10.4. The van der Waals surface area contributed by atoms with Gasteiger partial charge in [-0.3, -0.25) is 4.79 Å². The van der Waals surface area contributed by atoms with Crippen molar-refractivity contribution in [2.75, 3.05) is 13.3 Å². The van der Waals surface area contributed by atoms with Crippen LogP contribution in [0.4, 0.5) is 0 Å². The molecule has 3 heteroatoms. The Morgan fingerprint density at radius 2 is 1.62 bits per heavy atom. The molecular formula is C13H29O2P. The molecule has 0 aromatic rings. The lowest BCUT2D eigenvalue weighted by molar-refractivity contribution is -0.154. The second-order valence-electron chi connectivity index (χ2n) is 4.90. The topological polar surface area (TPSA) is 26.3 Å². The third kappa shape index (κ3) is 19.5. The number of unbranched alkanes of at least 4 members (excludes halogenated alkanes) is 3. The van der Waals surface area contributed by atoms with Gasteiger partial charge in [0.05, 0.1) is 0 Å². The summed E-state index contributed by atoms with van der Waals surface area (Å²) in [6, 6.07) is 0. The molecule has 0 fully saturated rings. The molecule has 0 saturated carbocycles. The number of esters is 1. The molecule has 0 aromatic heterocycles. The highest BCUT2D eigenvalue weighted by atomic mass is 31.1. The van der Waals surface area contributed by atoms with Crippen LogP contribution < -0.4 is 0 Å². The Morgan fingerprint density at radius 1 is 1.12 bits per heavy atom. The van der Waals surface area contributed by atoms with Crippen LogP contribution in [0, 0.1) is 0 Å². The number of hydrogen-bond acceptors (Lipinski definition) is 2. The number of hydrogen-bond donors (Lipinski definition) is 0. The summed E-state index contributed by atoms with van der Waals surface area (Å²) in [4.78, 5) is 11.2. The summed E-state index contributed by atoms with van der Waals surface area (Å²) < 4.78 is 5.18. The van der Waals surface area contributed by atoms with Gasteiger partial charge in [-0.25, -0.2) is 0 Å². The van der Waals surface area contributed by atoms with E-state index in [-0.39, 0.29) is 11.6 Å². The molecule has 0 aliphatic rings. The lowest BCUT2D eigenvalue weighted by Crippen LogP contribution is -2.23. The van der Waals surface area contributed by atoms with Gasteiger partial charge in [-0.1, -0.05) is 26.2 Å². The maximum atomic E-state index is 11.2. The molecular weight excluding hydrogens is 219 g/mol. The summed E-state index contributed by atoms with van der Waals surface area (Å²) in [5.74, 6) is -0.0661. The van der Waals surface area contributed by atoms with Crippen LogP contribution in [0.3, 0.4) is 0 Å². The smallest absolute Gasteiger partial charge is 0.306 e. The Hall–Kier alpha value is -0.100. The van der Waals surface area contributed by atoms with Crippen molar-refractivity contribution >= 4 is 14.6 Å². The number of ether oxygens (including phenoxy) is 1. The minimum Gasteiger partial charge on any atom is -0.460 e. The first-order valence-electron chi connectivity index (χ1n) is 6.17. The molecule has 2 nitrogen and oxygen atoms in total. The molecule has 0 aliphatic heterocycles. The Balaban J connectivity index is 0. The van der Waals surface area contributed by atoms with Gasteiger partial charge in [0.1, 0.15) is 5.60 Å². The molecule has 16 heavy (non-hydrogen) atoms. The molecule has 0 heterocycles. The lowest BCUT2D eigenvalue weighted by Gasteiger charge is -2.19. The minimum absolute atomic E-state index is 0.0661. The van der Waals surface area contributed by atoms with Crippen LogP contribution in [0.1, 0.15) is 59.8 Å². The average Bonchev–Trinajstić information content (AvgIpc) is 2.11. The lowest BCUT2D eigenvalue weighted by atomic mass is 10.1. The summed E-state index contributed by atoms with van der Waals surface area (Å²) >= 11 is 0. The van der Waals surface area contributed by atoms with Gasteiger partial charge >= 0.3 is 5.97 Å². The summed E-state index contributed by atoms with van der Waals surface area (Å²) in [6.07, 6.45) is 5.08. The van der Waals surface area contributed by atoms with E-state index in [9.17, 15) is 4.79 Å². The Bertz CT molecular complexity index is 162. The van der Waals surface area contributed by atoms with Crippen LogP contribution in [-0.4, -0.2) is 24.9 Å². The van der Waals surface area contributed by atoms with Gasteiger partial charge in [-0.15, -0.1) is 8.58 Å². The summed E-state index contributed by atoms with van der Waals surface area (Å²) in [6.45, 7) is 12.2. The predicted molar refractivity (Wildman–Crippen MR) is 74.8 cm³/mol. The highest BCUT2D eigenvalue weighted by Crippen LogP contribution is 2.10. The van der Waals surface area contributed by atoms with Crippen molar-refractivity contribution in [3.63, 3.8) is 0 Å². The second kappa shape index (κ2) is 11.4. The zero-order valence-corrected chi connectivity index (χ0v) is 12.9. The standard InChI is InChI=1S/C11H22O2.C2H7P/c1-5-6-7-8-9-10(12)13-11(2,3)4;1-3-2/h5-9H2,1-4H3;3H,1-2H3. The van der Waals surface area contributed by atoms with Gasteiger partial charge in [-0.05, 0) is 40.5 Å². The quantitative estimate of drug-likeness (QED) is 0.413. The molecule has 0 aliphatic carbocycles. The Morgan fingerprint density at radius 3 is 2.00 bits per heavy atom. The first kappa shape index (κ1) is 18.3. The third-order valence-corrected chi connectivity index (χ3v) is 1.65. The van der Waals surface area contributed by atoms with E-state index >= 15 is 0 Å². The third-order valence-electron chi connectivity index (χ3n) is 1.65. The van der Waals surface area contributed by atoms with Gasteiger partial charge in [0, 0.05) is 6.42 Å². The first-order valence-corrected chi connectivity index (χ1v) is 8.17. The van der Waals surface area contributed by atoms with Crippen LogP contribution in [-0.2, 0) is 9.53 Å². The van der Waals surface area contributed by atoms with Crippen molar-refractivity contribution < 1.29 is 9.53 Å². The van der Waals surface area contributed by atoms with Gasteiger partial charge in [0.25, 0.3) is 0 Å². The van der Waals surface area contributed by atoms with Crippen LogP contribution >= 0.6 is 8.58 Å². The Kier molecular flexibility index (Phi) is 13.0. The van der Waals surface area contributed by atoms with E-state index in [4.69, 9.17) is 4.74 Å². The molecule has 0 N–H and O–H groups in total. The monoisotopic (exact) mass is 248 g/mol. The van der Waals surface area contributed by atoms with Crippen molar-refractivity contribution in [3.05, 3.63) is 0 Å². The van der Waals surface area contributed by atoms with Crippen LogP contribution in [0.2, 0.25) is 0 Å². The number of carbonyl (C=O) groups excluding carboxylic acids is 1. The van der Waals surface area contributed by atoms with E-state index in [0.29, 0.717) is 6.42 Å². The zero-order valence-electron chi connectivity index (χ0n) is 11.9. The average molecular weight is 248 g/mol. The molecule has 0 rings (SSSR count). The second-order valence-corrected chi connectivity index (χ2v) is 5.90. The molecule has 0 amide bonds. The summed E-state index contributed by atoms with van der Waals surface area (Å²) in [5, 5.41) is 0. The number of rotatable bonds is 5. The van der Waals surface area contributed by atoms with Crippen LogP contribution in [0.5, 0.6) is 0 Å². The minimum atomic E-state index is -0.332. The van der Waals surface area contributed by atoms with Crippen molar-refractivity contribution in [3.8, 4) is 0 Å². The molecule has 0 radical (unpaired) electrons. The summed E-state index contributed by atoms with van der Waals surface area (Å²) in [7, 11) is 1.08. The largest absolute Gasteiger partial charge is 0.460 e. The first-order chi connectivity index (χ1) is 7.37. The zero-order chi connectivity index (χ0) is 13.0. The predicted octanol–water partition coefficient (Wildman–Crippen LogP) is 4.22. The SMILES string of the molecule is CCCCCCC(=O)OC(C)(C)C.CPC. The van der Waals surface area contributed by atoms with Crippen molar-refractivity contribution in [1.82, 2.24) is 0 Å². The maximum Gasteiger partial charge on any atom is 0.306 e. The van der Waals surface area contributed by atoms with Gasteiger partial charge < -0.3 is 4.74 Å². The fourth-order valence-corrected chi connectivity index (χ4v) is 1.09. The van der Waals surface area contributed by atoms with Crippen molar-refractivity contribution in [2.45, 2.75) is 65.4 Å². The van der Waals surface area contributed by atoms with E-state index in [0.717, 1.165) is 21.4 Å². The molecule has 0 aromatic carbocycles. The van der Waals surface area contributed by atoms with E-state index < -0.39 is 0 Å². The highest BCUT2D eigenvalue weighted by molar-refractivity contribution is 7.35. The molecule has 0 atom stereocenters.